The lowest BCUT2D eigenvalue weighted by Crippen LogP contribution is -2.24. The summed E-state index contributed by atoms with van der Waals surface area (Å²) in [5.74, 6) is -0.457. The molecule has 0 unspecified atom stereocenters. The molecule has 24 heavy (non-hydrogen) atoms. The van der Waals surface area contributed by atoms with E-state index in [2.05, 4.69) is 28.3 Å². The molecule has 5 heteroatoms. The second kappa shape index (κ2) is 7.18. The Hall–Kier alpha value is -2.14. The molecule has 5 nitrogen and oxygen atoms in total. The first-order valence-corrected chi connectivity index (χ1v) is 8.53. The molecule has 1 aliphatic heterocycles. The van der Waals surface area contributed by atoms with Crippen molar-refractivity contribution in [2.45, 2.75) is 32.9 Å². The van der Waals surface area contributed by atoms with Crippen LogP contribution in [0.3, 0.4) is 0 Å². The third kappa shape index (κ3) is 3.67. The fourth-order valence-corrected chi connectivity index (χ4v) is 3.57. The van der Waals surface area contributed by atoms with E-state index >= 15 is 0 Å². The van der Waals surface area contributed by atoms with Gasteiger partial charge in [0.2, 0.25) is 0 Å². The van der Waals surface area contributed by atoms with Gasteiger partial charge in [0.1, 0.15) is 0 Å². The van der Waals surface area contributed by atoms with Crippen LogP contribution >= 0.6 is 0 Å². The Balaban J connectivity index is 1.74. The van der Waals surface area contributed by atoms with Gasteiger partial charge in [-0.2, -0.15) is 0 Å². The molecule has 0 radical (unpaired) electrons. The van der Waals surface area contributed by atoms with Crippen molar-refractivity contribution in [3.05, 3.63) is 54.1 Å². The van der Waals surface area contributed by atoms with E-state index in [1.165, 1.54) is 0 Å². The number of likely N-dealkylation sites (tertiary alicyclic amines) is 1. The van der Waals surface area contributed by atoms with E-state index in [0.29, 0.717) is 12.5 Å². The van der Waals surface area contributed by atoms with E-state index in [-0.39, 0.29) is 11.8 Å². The number of carboxylic acids is 1. The molecule has 1 fully saturated rings. The molecule has 3 rings (SSSR count). The number of aromatic nitrogens is 2. The van der Waals surface area contributed by atoms with Crippen LogP contribution in [-0.4, -0.2) is 38.6 Å². The quantitative estimate of drug-likeness (QED) is 0.886. The number of hydrogen-bond acceptors (Lipinski definition) is 3. The molecule has 0 aliphatic carbocycles. The summed E-state index contributed by atoms with van der Waals surface area (Å²) in [7, 11) is 0. The van der Waals surface area contributed by atoms with E-state index in [1.54, 1.807) is 0 Å². The van der Waals surface area contributed by atoms with Crippen LogP contribution in [0.1, 0.15) is 31.0 Å². The van der Waals surface area contributed by atoms with Gasteiger partial charge in [-0.3, -0.25) is 9.69 Å². The maximum Gasteiger partial charge on any atom is 0.308 e. The molecular formula is C19H25N3O2. The predicted molar refractivity (Wildman–Crippen MR) is 92.7 cm³/mol. The number of aliphatic carboxylic acids is 1. The van der Waals surface area contributed by atoms with Gasteiger partial charge in [0.25, 0.3) is 0 Å². The highest BCUT2D eigenvalue weighted by molar-refractivity contribution is 5.72. The minimum absolute atomic E-state index is 0.0465. The zero-order valence-electron chi connectivity index (χ0n) is 14.3. The fourth-order valence-electron chi connectivity index (χ4n) is 3.57. The Morgan fingerprint density at radius 3 is 2.71 bits per heavy atom. The third-order valence-corrected chi connectivity index (χ3v) is 4.69. The van der Waals surface area contributed by atoms with Gasteiger partial charge in [-0.15, -0.1) is 0 Å². The number of carbonyl (C=O) groups is 1. The molecule has 1 saturated heterocycles. The summed E-state index contributed by atoms with van der Waals surface area (Å²) in [5.41, 5.74) is 2.27. The molecule has 0 bridgehead atoms. The average molecular weight is 327 g/mol. The van der Waals surface area contributed by atoms with Crippen molar-refractivity contribution < 1.29 is 9.90 Å². The molecule has 1 aromatic heterocycles. The van der Waals surface area contributed by atoms with Crippen LogP contribution in [0.4, 0.5) is 0 Å². The fraction of sp³-hybridized carbons (Fsp3) is 0.474. The van der Waals surface area contributed by atoms with Crippen LogP contribution in [0.2, 0.25) is 0 Å². The lowest BCUT2D eigenvalue weighted by Gasteiger charge is -2.18. The Morgan fingerprint density at radius 1 is 1.29 bits per heavy atom. The van der Waals surface area contributed by atoms with Crippen LogP contribution in [0, 0.1) is 11.8 Å². The Morgan fingerprint density at radius 2 is 2.04 bits per heavy atom. The number of hydrogen-bond donors (Lipinski definition) is 1. The zero-order chi connectivity index (χ0) is 17.1. The minimum Gasteiger partial charge on any atom is -0.481 e. The molecule has 1 aromatic carbocycles. The van der Waals surface area contributed by atoms with Crippen molar-refractivity contribution in [3.8, 4) is 0 Å². The van der Waals surface area contributed by atoms with Crippen molar-refractivity contribution in [3.63, 3.8) is 0 Å². The number of nitrogens with zero attached hydrogens (tertiary/aromatic N) is 3. The molecule has 0 amide bonds. The molecule has 2 aromatic rings. The van der Waals surface area contributed by atoms with Crippen LogP contribution in [-0.2, 0) is 17.9 Å². The Labute approximate surface area is 142 Å². The normalized spacial score (nSPS) is 21.5. The smallest absolute Gasteiger partial charge is 0.308 e. The lowest BCUT2D eigenvalue weighted by atomic mass is 9.89. The third-order valence-electron chi connectivity index (χ3n) is 4.69. The summed E-state index contributed by atoms with van der Waals surface area (Å²) in [6.07, 6.45) is 3.77. The SMILES string of the molecule is CC(C)Cn1cncc1CN1C[C@@H](C(=O)O)[C@H](c2ccccc2)C1. The van der Waals surface area contributed by atoms with E-state index in [9.17, 15) is 9.90 Å². The van der Waals surface area contributed by atoms with Gasteiger partial charge in [-0.25, -0.2) is 4.98 Å². The van der Waals surface area contributed by atoms with Crippen molar-refractivity contribution in [2.24, 2.45) is 11.8 Å². The maximum atomic E-state index is 11.7. The van der Waals surface area contributed by atoms with Crippen LogP contribution in [0.15, 0.2) is 42.9 Å². The van der Waals surface area contributed by atoms with Gasteiger partial charge in [0.05, 0.1) is 17.9 Å². The van der Waals surface area contributed by atoms with Gasteiger partial charge < -0.3 is 9.67 Å². The summed E-state index contributed by atoms with van der Waals surface area (Å²) in [5, 5.41) is 9.62. The Bertz CT molecular complexity index is 681. The molecule has 2 heterocycles. The zero-order valence-corrected chi connectivity index (χ0v) is 14.3. The summed E-state index contributed by atoms with van der Waals surface area (Å²) in [6.45, 7) is 7.42. The predicted octanol–water partition coefficient (Wildman–Crippen LogP) is 2.84. The molecule has 1 N–H and O–H groups in total. The highest BCUT2D eigenvalue weighted by Crippen LogP contribution is 2.33. The summed E-state index contributed by atoms with van der Waals surface area (Å²) < 4.78 is 2.18. The second-order valence-electron chi connectivity index (χ2n) is 7.09. The number of benzene rings is 1. The molecule has 1 aliphatic rings. The first kappa shape index (κ1) is 16.7. The summed E-state index contributed by atoms with van der Waals surface area (Å²) >= 11 is 0. The van der Waals surface area contributed by atoms with Crippen molar-refractivity contribution in [1.29, 1.82) is 0 Å². The van der Waals surface area contributed by atoms with Gasteiger partial charge in [0.15, 0.2) is 0 Å². The number of carboxylic acid groups (broad SMARTS) is 1. The van der Waals surface area contributed by atoms with E-state index < -0.39 is 5.97 Å². The first-order chi connectivity index (χ1) is 11.5. The van der Waals surface area contributed by atoms with Gasteiger partial charge in [0, 0.05) is 38.3 Å². The van der Waals surface area contributed by atoms with Gasteiger partial charge >= 0.3 is 5.97 Å². The summed E-state index contributed by atoms with van der Waals surface area (Å²) in [6, 6.07) is 10.00. The highest BCUT2D eigenvalue weighted by atomic mass is 16.4. The van der Waals surface area contributed by atoms with Crippen LogP contribution in [0.5, 0.6) is 0 Å². The van der Waals surface area contributed by atoms with E-state index in [4.69, 9.17) is 0 Å². The molecule has 2 atom stereocenters. The molecule has 0 spiro atoms. The van der Waals surface area contributed by atoms with Crippen LogP contribution < -0.4 is 0 Å². The van der Waals surface area contributed by atoms with Crippen molar-refractivity contribution in [1.82, 2.24) is 14.5 Å². The lowest BCUT2D eigenvalue weighted by molar-refractivity contribution is -0.141. The second-order valence-corrected chi connectivity index (χ2v) is 7.09. The number of rotatable bonds is 6. The standard InChI is InChI=1S/C19H25N3O2/c1-14(2)9-22-13-20-8-16(22)10-21-11-17(18(12-21)19(23)24)15-6-4-3-5-7-15/h3-8,13-14,17-18H,9-12H2,1-2H3,(H,23,24)/t17-,18+/m0/s1. The highest BCUT2D eigenvalue weighted by Gasteiger charge is 2.38. The van der Waals surface area contributed by atoms with Crippen molar-refractivity contribution >= 4 is 5.97 Å². The van der Waals surface area contributed by atoms with E-state index in [0.717, 1.165) is 30.9 Å². The monoisotopic (exact) mass is 327 g/mol. The molecular weight excluding hydrogens is 302 g/mol. The first-order valence-electron chi connectivity index (χ1n) is 8.53. The maximum absolute atomic E-state index is 11.7. The van der Waals surface area contributed by atoms with Crippen LogP contribution in [0.25, 0.3) is 0 Å². The van der Waals surface area contributed by atoms with Gasteiger partial charge in [-0.05, 0) is 11.5 Å². The largest absolute Gasteiger partial charge is 0.481 e. The minimum atomic E-state index is -0.706. The topological polar surface area (TPSA) is 58.4 Å². The van der Waals surface area contributed by atoms with E-state index in [1.807, 2.05) is 42.9 Å². The number of imidazole rings is 1. The summed E-state index contributed by atoms with van der Waals surface area (Å²) in [4.78, 5) is 18.2. The van der Waals surface area contributed by atoms with Crippen molar-refractivity contribution in [2.75, 3.05) is 13.1 Å². The molecule has 0 saturated carbocycles. The Kier molecular flexibility index (Phi) is 5.00. The van der Waals surface area contributed by atoms with Gasteiger partial charge in [-0.1, -0.05) is 44.2 Å². The average Bonchev–Trinajstić information content (AvgIpc) is 3.16. The molecule has 128 valence electrons.